The fourth-order valence-electron chi connectivity index (χ4n) is 2.19. The van der Waals surface area contributed by atoms with Crippen LogP contribution in [-0.2, 0) is 40.8 Å². The number of hydrogen-bond acceptors (Lipinski definition) is 6. The number of rotatable bonds is 10. The zero-order valence-corrected chi connectivity index (χ0v) is 21.7. The molecule has 0 heterocycles. The number of esters is 2. The van der Waals surface area contributed by atoms with Crippen LogP contribution in [0.3, 0.4) is 0 Å². The first-order valence-corrected chi connectivity index (χ1v) is 9.48. The Morgan fingerprint density at radius 2 is 1.03 bits per heavy atom. The second-order valence-electron chi connectivity index (χ2n) is 6.16. The maximum absolute atomic E-state index is 13.1. The van der Waals surface area contributed by atoms with Crippen molar-refractivity contribution in [1.82, 2.24) is 0 Å². The predicted molar refractivity (Wildman–Crippen MR) is 123 cm³/mol. The molecule has 11 heteroatoms. The van der Waals surface area contributed by atoms with Gasteiger partial charge >= 0.3 is 33.7 Å². The molecule has 0 fully saturated rings. The number of benzene rings is 2. The van der Waals surface area contributed by atoms with E-state index in [0.29, 0.717) is 0 Å². The molecule has 0 radical (unpaired) electrons. The summed E-state index contributed by atoms with van der Waals surface area (Å²) in [5.74, 6) is -6.36. The Morgan fingerprint density at radius 3 is 1.30 bits per heavy atom. The summed E-state index contributed by atoms with van der Waals surface area (Å²) in [6.07, 6.45) is 1.54. The van der Waals surface area contributed by atoms with Crippen LogP contribution in [0.4, 0.5) is 17.6 Å². The van der Waals surface area contributed by atoms with E-state index in [4.69, 9.17) is 0 Å². The molecule has 2 aromatic rings. The van der Waals surface area contributed by atoms with E-state index >= 15 is 0 Å². The van der Waals surface area contributed by atoms with Gasteiger partial charge in [-0.05, 0) is 0 Å². The average molecular weight is 556 g/mol. The Hall–Kier alpha value is -3.37. The predicted octanol–water partition coefficient (Wildman–Crippen LogP) is 5.03. The second-order valence-corrected chi connectivity index (χ2v) is 6.16. The third-order valence-electron chi connectivity index (χ3n) is 3.80. The van der Waals surface area contributed by atoms with Gasteiger partial charge < -0.3 is 33.9 Å². The van der Waals surface area contributed by atoms with E-state index in [2.05, 4.69) is 22.6 Å². The van der Waals surface area contributed by atoms with Crippen molar-refractivity contribution in [1.29, 1.82) is 0 Å². The summed E-state index contributed by atoms with van der Waals surface area (Å²) >= 11 is 0. The minimum atomic E-state index is -1.05. The molecule has 0 bridgehead atoms. The van der Waals surface area contributed by atoms with Crippen molar-refractivity contribution < 1.29 is 67.9 Å². The molecule has 0 spiro atoms. The van der Waals surface area contributed by atoms with Crippen LogP contribution in [0.15, 0.2) is 49.6 Å². The third kappa shape index (κ3) is 14.1. The molecule has 0 aliphatic carbocycles. The zero-order chi connectivity index (χ0) is 25.7. The Bertz CT molecular complexity index is 1000. The summed E-state index contributed by atoms with van der Waals surface area (Å²) in [5.41, 5.74) is -0.554. The molecule has 0 N–H and O–H groups in total. The maximum Gasteiger partial charge on any atom is 4.00 e. The van der Waals surface area contributed by atoms with Gasteiger partial charge in [0, 0.05) is 48.3 Å². The van der Waals surface area contributed by atoms with Gasteiger partial charge in [-0.25, -0.2) is 27.2 Å². The quantitative estimate of drug-likeness (QED) is 0.102. The van der Waals surface area contributed by atoms with Crippen LogP contribution in [0.25, 0.3) is 0 Å². The van der Waals surface area contributed by atoms with Gasteiger partial charge in [0.15, 0.2) is 0 Å². The summed E-state index contributed by atoms with van der Waals surface area (Å²) in [6.45, 7) is 5.99. The van der Waals surface area contributed by atoms with Gasteiger partial charge in [0.1, 0.15) is 11.6 Å². The maximum atomic E-state index is 13.1. The van der Waals surface area contributed by atoms with Crippen LogP contribution in [0, 0.1) is 50.3 Å². The van der Waals surface area contributed by atoms with Crippen molar-refractivity contribution >= 4 is 23.5 Å². The number of carbonyl (C=O) groups is 4. The molecule has 0 amide bonds. The van der Waals surface area contributed by atoms with Crippen LogP contribution in [0.2, 0.25) is 0 Å². The summed E-state index contributed by atoms with van der Waals surface area (Å²) in [5, 5.41) is 0. The van der Waals surface area contributed by atoms with Crippen LogP contribution in [-0.4, -0.2) is 36.7 Å². The molecule has 0 unspecified atom stereocenters. The number of ketones is 2. The van der Waals surface area contributed by atoms with Crippen molar-refractivity contribution in [3.8, 4) is 0 Å². The minimum absolute atomic E-state index is 0. The number of carbonyl (C=O) groups excluding carboxylic acids is 4. The fraction of sp³-hybridized carbons (Fsp3) is 0.154. The molecule has 196 valence electrons. The van der Waals surface area contributed by atoms with E-state index in [0.717, 1.165) is 36.4 Å². The molecule has 2 rings (SSSR count). The molecule has 6 nitrogen and oxygen atoms in total. The van der Waals surface area contributed by atoms with Crippen molar-refractivity contribution in [2.45, 2.75) is 12.8 Å². The Kier molecular flexibility index (Phi) is 20.4. The number of halogens is 4. The molecular formula is C26H24F4O6Ti. The first-order valence-electron chi connectivity index (χ1n) is 9.48. The second kappa shape index (κ2) is 19.8. The van der Waals surface area contributed by atoms with E-state index < -0.39 is 46.8 Å². The average Bonchev–Trinajstić information content (AvgIpc) is 2.78. The van der Waals surface area contributed by atoms with Crippen LogP contribution in [0.1, 0.15) is 33.6 Å². The van der Waals surface area contributed by atoms with Gasteiger partial charge in [-0.15, -0.1) is 24.3 Å². The van der Waals surface area contributed by atoms with Gasteiger partial charge in [-0.2, -0.15) is 12.1 Å². The van der Waals surface area contributed by atoms with Gasteiger partial charge in [-0.3, -0.25) is 0 Å². The third-order valence-corrected chi connectivity index (χ3v) is 3.80. The van der Waals surface area contributed by atoms with E-state index in [-0.39, 0.29) is 73.8 Å². The monoisotopic (exact) mass is 556 g/mol. The number of hydrogen-bond donors (Lipinski definition) is 0. The molecule has 0 saturated heterocycles. The van der Waals surface area contributed by atoms with Crippen molar-refractivity contribution in [2.75, 3.05) is 13.2 Å². The molecule has 2 aromatic carbocycles. The summed E-state index contributed by atoms with van der Waals surface area (Å²) in [4.78, 5) is 44.2. The van der Waals surface area contributed by atoms with Gasteiger partial charge in [0.2, 0.25) is 0 Å². The Balaban J connectivity index is -0.000000578. The largest absolute Gasteiger partial charge is 4.00 e. The first-order chi connectivity index (χ1) is 16.1. The molecule has 0 aliphatic heterocycles. The van der Waals surface area contributed by atoms with Crippen molar-refractivity contribution in [3.63, 3.8) is 0 Å². The SMILES string of the molecule is C=CC(=O)OCCC(=O)c1ccc(F)[c-]c1F.C=CC(=O)OCCC(=O)c1ccc(F)[c-]c1F.[CH3-].[CH3-].[Ti+4]. The molecule has 0 aromatic heterocycles. The Morgan fingerprint density at radius 1 is 0.703 bits per heavy atom. The van der Waals surface area contributed by atoms with Crippen molar-refractivity contribution in [3.05, 3.63) is 111 Å². The van der Waals surface area contributed by atoms with E-state index in [9.17, 15) is 36.7 Å². The van der Waals surface area contributed by atoms with Gasteiger partial charge in [-0.1, -0.05) is 24.3 Å². The zero-order valence-electron chi connectivity index (χ0n) is 20.2. The Labute approximate surface area is 228 Å². The number of Topliss-reactive ketones (excluding diaryl/α,β-unsaturated/α-hetero) is 2. The number of ether oxygens (including phenoxy) is 2. The molecular weight excluding hydrogens is 532 g/mol. The topological polar surface area (TPSA) is 86.7 Å². The van der Waals surface area contributed by atoms with Crippen molar-refractivity contribution in [2.24, 2.45) is 0 Å². The normalized spacial score (nSPS) is 8.97. The molecule has 0 aliphatic rings. The molecule has 0 saturated carbocycles. The first kappa shape index (κ1) is 38.2. The van der Waals surface area contributed by atoms with Crippen LogP contribution < -0.4 is 0 Å². The summed E-state index contributed by atoms with van der Waals surface area (Å²) in [7, 11) is 0. The van der Waals surface area contributed by atoms with E-state index in [1.807, 2.05) is 0 Å². The van der Waals surface area contributed by atoms with E-state index in [1.54, 1.807) is 12.1 Å². The fourth-order valence-corrected chi connectivity index (χ4v) is 2.19. The summed E-state index contributed by atoms with van der Waals surface area (Å²) in [6, 6.07) is 7.43. The molecule has 37 heavy (non-hydrogen) atoms. The standard InChI is InChI=1S/2C12H9F2O3.2CH3.Ti/c2*1-2-12(16)17-6-5-11(15)9-4-3-8(13)7-10(9)14;;;/h2*2-4H,1,5-6H2;2*1H3;/q4*-1;+4. The van der Waals surface area contributed by atoms with Gasteiger partial charge in [0.25, 0.3) is 0 Å². The van der Waals surface area contributed by atoms with Crippen LogP contribution >= 0.6 is 0 Å². The molecule has 0 atom stereocenters. The summed E-state index contributed by atoms with van der Waals surface area (Å²) < 4.78 is 60.4. The van der Waals surface area contributed by atoms with Gasteiger partial charge in [0.05, 0.1) is 13.2 Å². The van der Waals surface area contributed by atoms with Crippen LogP contribution in [0.5, 0.6) is 0 Å². The minimum Gasteiger partial charge on any atom is -0.462 e. The smallest absolute Gasteiger partial charge is 0.462 e. The van der Waals surface area contributed by atoms with E-state index in [1.165, 1.54) is 0 Å².